The van der Waals surface area contributed by atoms with Gasteiger partial charge < -0.3 is 14.8 Å². The molecule has 0 saturated heterocycles. The lowest BCUT2D eigenvalue weighted by atomic mass is 9.96. The fraction of sp³-hybridized carbons (Fsp3) is 0.297. The number of carbonyl (C=O) groups is 1. The fourth-order valence-corrected chi connectivity index (χ4v) is 6.96. The van der Waals surface area contributed by atoms with E-state index in [0.29, 0.717) is 41.7 Å². The van der Waals surface area contributed by atoms with Gasteiger partial charge in [0.15, 0.2) is 11.5 Å². The van der Waals surface area contributed by atoms with E-state index in [9.17, 15) is 4.79 Å². The van der Waals surface area contributed by atoms with E-state index in [0.717, 1.165) is 64.2 Å². The quantitative estimate of drug-likeness (QED) is 0.133. The molecule has 1 amide bonds. The molecule has 1 aliphatic carbocycles. The Balaban J connectivity index is 1.50. The number of nitrogens with zero attached hydrogens (tertiary/aromatic N) is 1. The first kappa shape index (κ1) is 31.6. The van der Waals surface area contributed by atoms with Crippen LogP contribution < -0.4 is 14.8 Å². The molecule has 5 rings (SSSR count). The first-order valence-electron chi connectivity index (χ1n) is 15.3. The number of amides is 1. The monoisotopic (exact) mass is 626 g/mol. The molecule has 0 fully saturated rings. The van der Waals surface area contributed by atoms with Crippen LogP contribution in [0.25, 0.3) is 0 Å². The SMILES string of the molecule is C=CCc1cc(C=Nc2sc3c(c2C(=O)Nc2cccc(C)c2)CCCCCC3)cc(OCC)c1OCc1ccccc1Cl. The number of hydrogen-bond donors (Lipinski definition) is 1. The largest absolute Gasteiger partial charge is 0.490 e. The van der Waals surface area contributed by atoms with Gasteiger partial charge in [0, 0.05) is 32.9 Å². The minimum atomic E-state index is -0.105. The van der Waals surface area contributed by atoms with Crippen molar-refractivity contribution in [1.82, 2.24) is 0 Å². The lowest BCUT2D eigenvalue weighted by molar-refractivity contribution is 0.102. The number of hydrogen-bond acceptors (Lipinski definition) is 5. The zero-order valence-electron chi connectivity index (χ0n) is 25.5. The van der Waals surface area contributed by atoms with Crippen molar-refractivity contribution in [1.29, 1.82) is 0 Å². The van der Waals surface area contributed by atoms with Crippen molar-refractivity contribution in [2.24, 2.45) is 4.99 Å². The minimum Gasteiger partial charge on any atom is -0.490 e. The van der Waals surface area contributed by atoms with Gasteiger partial charge in [-0.25, -0.2) is 4.99 Å². The van der Waals surface area contributed by atoms with Crippen molar-refractivity contribution in [3.8, 4) is 11.5 Å². The minimum absolute atomic E-state index is 0.105. The van der Waals surface area contributed by atoms with Crippen LogP contribution in [-0.2, 0) is 25.9 Å². The van der Waals surface area contributed by atoms with E-state index in [1.165, 1.54) is 17.7 Å². The maximum atomic E-state index is 13.8. The first-order chi connectivity index (χ1) is 21.5. The summed E-state index contributed by atoms with van der Waals surface area (Å²) in [6.07, 6.45) is 10.8. The second kappa shape index (κ2) is 15.2. The van der Waals surface area contributed by atoms with E-state index in [-0.39, 0.29) is 5.91 Å². The first-order valence-corrected chi connectivity index (χ1v) is 16.5. The van der Waals surface area contributed by atoms with Crippen molar-refractivity contribution in [3.05, 3.63) is 117 Å². The standard InChI is InChI=1S/C37H39ClN2O3S/c1-4-13-27-21-26(22-32(42-5-2)35(27)43-24-28-15-10-11-18-31(28)38)23-39-37-34(30-17-8-6-7-9-19-33(30)44-37)36(41)40-29-16-12-14-25(3)20-29/h4,10-12,14-16,18,20-23H,1,5-9,13,17,19,24H2,2-3H3,(H,40,41). The number of thiophene rings is 1. The zero-order chi connectivity index (χ0) is 30.9. The van der Waals surface area contributed by atoms with E-state index in [2.05, 4.69) is 11.9 Å². The predicted octanol–water partition coefficient (Wildman–Crippen LogP) is 10.1. The molecule has 0 radical (unpaired) electrons. The van der Waals surface area contributed by atoms with E-state index in [4.69, 9.17) is 26.1 Å². The van der Waals surface area contributed by atoms with Crippen LogP contribution in [-0.4, -0.2) is 18.7 Å². The average Bonchev–Trinajstić information content (AvgIpc) is 3.33. The summed E-state index contributed by atoms with van der Waals surface area (Å²) in [6.45, 7) is 8.73. The van der Waals surface area contributed by atoms with E-state index < -0.39 is 0 Å². The predicted molar refractivity (Wildman–Crippen MR) is 184 cm³/mol. The number of allylic oxidation sites excluding steroid dienone is 1. The third-order valence-electron chi connectivity index (χ3n) is 7.63. The fourth-order valence-electron chi connectivity index (χ4n) is 5.54. The van der Waals surface area contributed by atoms with Crippen molar-refractivity contribution >= 4 is 45.7 Å². The van der Waals surface area contributed by atoms with Crippen LogP contribution >= 0.6 is 22.9 Å². The Hall–Kier alpha value is -3.87. The summed E-state index contributed by atoms with van der Waals surface area (Å²) in [6, 6.07) is 19.5. The van der Waals surface area contributed by atoms with Gasteiger partial charge in [0.1, 0.15) is 11.6 Å². The van der Waals surface area contributed by atoms with Crippen LogP contribution in [0.1, 0.15) is 75.7 Å². The van der Waals surface area contributed by atoms with Crippen LogP contribution in [0.5, 0.6) is 11.5 Å². The number of anilines is 1. The molecular weight excluding hydrogens is 588 g/mol. The highest BCUT2D eigenvalue weighted by Crippen LogP contribution is 2.40. The van der Waals surface area contributed by atoms with Gasteiger partial charge in [-0.1, -0.05) is 60.9 Å². The Kier molecular flexibility index (Phi) is 10.9. The Morgan fingerprint density at radius 2 is 1.84 bits per heavy atom. The highest BCUT2D eigenvalue weighted by Gasteiger charge is 2.24. The normalized spacial score (nSPS) is 13.2. The lowest BCUT2D eigenvalue weighted by Gasteiger charge is -2.17. The second-order valence-corrected chi connectivity index (χ2v) is 12.5. The van der Waals surface area contributed by atoms with Crippen LogP contribution in [0.15, 0.2) is 78.3 Å². The smallest absolute Gasteiger partial charge is 0.259 e. The summed E-state index contributed by atoms with van der Waals surface area (Å²) >= 11 is 8.03. The summed E-state index contributed by atoms with van der Waals surface area (Å²) in [5, 5.41) is 4.54. The average molecular weight is 627 g/mol. The highest BCUT2D eigenvalue weighted by atomic mass is 35.5. The van der Waals surface area contributed by atoms with Gasteiger partial charge in [0.05, 0.1) is 12.2 Å². The Morgan fingerprint density at radius 1 is 1.02 bits per heavy atom. The molecule has 228 valence electrons. The third-order valence-corrected chi connectivity index (χ3v) is 9.20. The summed E-state index contributed by atoms with van der Waals surface area (Å²) in [5.41, 5.74) is 6.44. The molecule has 0 unspecified atom stereocenters. The number of ether oxygens (including phenoxy) is 2. The number of carbonyl (C=O) groups excluding carboxylic acids is 1. The van der Waals surface area contributed by atoms with Crippen LogP contribution in [0.2, 0.25) is 5.02 Å². The molecule has 0 spiro atoms. The number of halogens is 1. The molecule has 1 N–H and O–H groups in total. The molecule has 3 aromatic carbocycles. The Bertz CT molecular complexity index is 1660. The molecule has 1 aliphatic rings. The lowest BCUT2D eigenvalue weighted by Crippen LogP contribution is -2.14. The van der Waals surface area contributed by atoms with Crippen LogP contribution in [0, 0.1) is 6.92 Å². The van der Waals surface area contributed by atoms with Gasteiger partial charge in [-0.15, -0.1) is 17.9 Å². The van der Waals surface area contributed by atoms with Crippen molar-refractivity contribution in [2.75, 3.05) is 11.9 Å². The number of nitrogens with one attached hydrogen (secondary N) is 1. The summed E-state index contributed by atoms with van der Waals surface area (Å²) in [4.78, 5) is 20.0. The van der Waals surface area contributed by atoms with Crippen LogP contribution in [0.4, 0.5) is 10.7 Å². The van der Waals surface area contributed by atoms with Crippen molar-refractivity contribution < 1.29 is 14.3 Å². The maximum absolute atomic E-state index is 13.8. The molecule has 4 aromatic rings. The molecule has 1 aromatic heterocycles. The summed E-state index contributed by atoms with van der Waals surface area (Å²) in [5.74, 6) is 1.20. The Labute approximate surface area is 269 Å². The van der Waals surface area contributed by atoms with Crippen molar-refractivity contribution in [3.63, 3.8) is 0 Å². The van der Waals surface area contributed by atoms with E-state index in [1.807, 2.05) is 86.8 Å². The molecule has 0 atom stereocenters. The van der Waals surface area contributed by atoms with E-state index >= 15 is 0 Å². The topological polar surface area (TPSA) is 59.9 Å². The number of fused-ring (bicyclic) bond motifs is 1. The summed E-state index contributed by atoms with van der Waals surface area (Å²) < 4.78 is 12.4. The number of rotatable bonds is 11. The zero-order valence-corrected chi connectivity index (χ0v) is 27.0. The molecule has 0 aliphatic heterocycles. The van der Waals surface area contributed by atoms with E-state index in [1.54, 1.807) is 11.3 Å². The van der Waals surface area contributed by atoms with Gasteiger partial charge in [-0.05, 0) is 93.0 Å². The molecule has 0 saturated carbocycles. The Morgan fingerprint density at radius 3 is 2.61 bits per heavy atom. The van der Waals surface area contributed by atoms with Gasteiger partial charge in [0.25, 0.3) is 5.91 Å². The van der Waals surface area contributed by atoms with Gasteiger partial charge in [-0.2, -0.15) is 0 Å². The molecular formula is C37H39ClN2O3S. The number of aryl methyl sites for hydroxylation is 2. The van der Waals surface area contributed by atoms with Gasteiger partial charge >= 0.3 is 0 Å². The molecule has 44 heavy (non-hydrogen) atoms. The maximum Gasteiger partial charge on any atom is 0.259 e. The number of aliphatic imine (C=N–C) groups is 1. The molecule has 0 bridgehead atoms. The second-order valence-electron chi connectivity index (χ2n) is 11.0. The molecule has 5 nitrogen and oxygen atoms in total. The highest BCUT2D eigenvalue weighted by molar-refractivity contribution is 7.16. The van der Waals surface area contributed by atoms with Gasteiger partial charge in [-0.3, -0.25) is 4.79 Å². The third kappa shape index (κ3) is 7.79. The number of benzene rings is 3. The van der Waals surface area contributed by atoms with Crippen LogP contribution in [0.3, 0.4) is 0 Å². The summed E-state index contributed by atoms with van der Waals surface area (Å²) in [7, 11) is 0. The van der Waals surface area contributed by atoms with Gasteiger partial charge in [0.2, 0.25) is 0 Å². The molecule has 1 heterocycles. The molecule has 7 heteroatoms. The van der Waals surface area contributed by atoms with Crippen molar-refractivity contribution in [2.45, 2.75) is 65.4 Å².